The van der Waals surface area contributed by atoms with Crippen molar-refractivity contribution < 1.29 is 24.1 Å². The second-order valence-electron chi connectivity index (χ2n) is 6.87. The summed E-state index contributed by atoms with van der Waals surface area (Å²) in [6.07, 6.45) is -0.0876. The fourth-order valence-corrected chi connectivity index (χ4v) is 2.63. The lowest BCUT2D eigenvalue weighted by molar-refractivity contribution is -0.233. The van der Waals surface area contributed by atoms with Gasteiger partial charge in [-0.25, -0.2) is 4.79 Å². The van der Waals surface area contributed by atoms with Gasteiger partial charge in [0.05, 0.1) is 12.7 Å². The molecule has 5 nitrogen and oxygen atoms in total. The van der Waals surface area contributed by atoms with Crippen molar-refractivity contribution in [1.82, 2.24) is 0 Å². The van der Waals surface area contributed by atoms with Crippen LogP contribution in [0.3, 0.4) is 0 Å². The third kappa shape index (κ3) is 4.90. The molecule has 1 aliphatic heterocycles. The van der Waals surface area contributed by atoms with Gasteiger partial charge in [0.1, 0.15) is 5.60 Å². The van der Waals surface area contributed by atoms with Crippen LogP contribution in [0.5, 0.6) is 0 Å². The van der Waals surface area contributed by atoms with Crippen LogP contribution in [0.1, 0.15) is 39.0 Å². The number of aliphatic hydroxyl groups excluding tert-OH is 1. The van der Waals surface area contributed by atoms with E-state index in [0.717, 1.165) is 5.56 Å². The summed E-state index contributed by atoms with van der Waals surface area (Å²) in [5.74, 6) is -1.23. The molecule has 1 saturated heterocycles. The molecule has 0 spiro atoms. The first-order chi connectivity index (χ1) is 11.3. The second kappa shape index (κ2) is 7.92. The molecule has 0 bridgehead atoms. The van der Waals surface area contributed by atoms with Crippen molar-refractivity contribution in [3.05, 3.63) is 48.6 Å². The Hall–Kier alpha value is -1.69. The van der Waals surface area contributed by atoms with Gasteiger partial charge in [0.25, 0.3) is 0 Å². The maximum absolute atomic E-state index is 12.1. The third-order valence-electron chi connectivity index (χ3n) is 3.76. The molecule has 1 fully saturated rings. The molecule has 1 aliphatic rings. The van der Waals surface area contributed by atoms with E-state index in [1.165, 1.54) is 0 Å². The lowest BCUT2D eigenvalue weighted by atomic mass is 9.93. The van der Waals surface area contributed by atoms with Gasteiger partial charge in [0.2, 0.25) is 0 Å². The van der Waals surface area contributed by atoms with Gasteiger partial charge < -0.3 is 19.3 Å². The van der Waals surface area contributed by atoms with Crippen LogP contribution in [0.2, 0.25) is 0 Å². The van der Waals surface area contributed by atoms with E-state index >= 15 is 0 Å². The van der Waals surface area contributed by atoms with Crippen LogP contribution in [0.15, 0.2) is 43.0 Å². The maximum Gasteiger partial charge on any atom is 0.336 e. The number of rotatable bonds is 5. The number of carbonyl (C=O) groups is 1. The highest BCUT2D eigenvalue weighted by molar-refractivity contribution is 5.75. The van der Waals surface area contributed by atoms with Crippen LogP contribution in [0.4, 0.5) is 0 Å². The number of benzene rings is 1. The van der Waals surface area contributed by atoms with Crippen LogP contribution in [0, 0.1) is 5.92 Å². The SMILES string of the molecule is C=C[C@H]([C@@H]1CCO[C@H](c2ccccc2)O1)[C@H](O)C(=O)OC(C)(C)C. The number of hydrogen-bond acceptors (Lipinski definition) is 5. The van der Waals surface area contributed by atoms with Crippen molar-refractivity contribution in [3.8, 4) is 0 Å². The van der Waals surface area contributed by atoms with Gasteiger partial charge in [-0.05, 0) is 27.2 Å². The standard InChI is InChI=1S/C19H26O5/c1-5-14(16(20)17(21)24-19(2,3)4)15-11-12-22-18(23-15)13-9-7-6-8-10-13/h5-10,14-16,18,20H,1,11-12H2,2-4H3/t14-,15+,16+,18+/m1/s1. The van der Waals surface area contributed by atoms with E-state index in [-0.39, 0.29) is 6.10 Å². The number of hydrogen-bond donors (Lipinski definition) is 1. The third-order valence-corrected chi connectivity index (χ3v) is 3.76. The van der Waals surface area contributed by atoms with Crippen LogP contribution in [-0.2, 0) is 19.0 Å². The first-order valence-corrected chi connectivity index (χ1v) is 8.17. The van der Waals surface area contributed by atoms with Crippen molar-refractivity contribution >= 4 is 5.97 Å². The molecule has 0 unspecified atom stereocenters. The normalized spacial score (nSPS) is 24.0. The summed E-state index contributed by atoms with van der Waals surface area (Å²) in [5, 5.41) is 10.4. The predicted octanol–water partition coefficient (Wildman–Crippen LogP) is 3.00. The zero-order chi connectivity index (χ0) is 17.7. The minimum absolute atomic E-state index is 0.371. The molecule has 24 heavy (non-hydrogen) atoms. The van der Waals surface area contributed by atoms with Gasteiger partial charge in [0, 0.05) is 11.5 Å². The van der Waals surface area contributed by atoms with Crippen molar-refractivity contribution in [3.63, 3.8) is 0 Å². The highest BCUT2D eigenvalue weighted by Gasteiger charge is 2.37. The Morgan fingerprint density at radius 3 is 2.62 bits per heavy atom. The smallest absolute Gasteiger partial charge is 0.336 e. The molecule has 1 N–H and O–H groups in total. The van der Waals surface area contributed by atoms with Gasteiger partial charge in [-0.2, -0.15) is 0 Å². The maximum atomic E-state index is 12.1. The molecule has 0 aromatic heterocycles. The molecule has 0 aliphatic carbocycles. The second-order valence-corrected chi connectivity index (χ2v) is 6.87. The van der Waals surface area contributed by atoms with Crippen molar-refractivity contribution in [2.75, 3.05) is 6.61 Å². The Balaban J connectivity index is 2.06. The minimum Gasteiger partial charge on any atom is -0.458 e. The summed E-state index contributed by atoms with van der Waals surface area (Å²) >= 11 is 0. The monoisotopic (exact) mass is 334 g/mol. The topological polar surface area (TPSA) is 65.0 Å². The first kappa shape index (κ1) is 18.6. The molecule has 1 aromatic rings. The van der Waals surface area contributed by atoms with Crippen LogP contribution in [0.25, 0.3) is 0 Å². The fraction of sp³-hybridized carbons (Fsp3) is 0.526. The van der Waals surface area contributed by atoms with E-state index in [9.17, 15) is 9.90 Å². The molecule has 1 aromatic carbocycles. The molecule has 0 amide bonds. The lowest BCUT2D eigenvalue weighted by Gasteiger charge is -2.35. The largest absolute Gasteiger partial charge is 0.458 e. The van der Waals surface area contributed by atoms with Crippen LogP contribution < -0.4 is 0 Å². The summed E-state index contributed by atoms with van der Waals surface area (Å²) in [6.45, 7) is 9.51. The summed E-state index contributed by atoms with van der Waals surface area (Å²) < 4.78 is 16.9. The zero-order valence-electron chi connectivity index (χ0n) is 14.5. The van der Waals surface area contributed by atoms with Gasteiger partial charge in [-0.15, -0.1) is 6.58 Å². The summed E-state index contributed by atoms with van der Waals surface area (Å²) in [4.78, 5) is 12.1. The number of aliphatic hydroxyl groups is 1. The van der Waals surface area contributed by atoms with E-state index in [1.54, 1.807) is 26.8 Å². The Labute approximate surface area is 143 Å². The average Bonchev–Trinajstić information content (AvgIpc) is 2.55. The quantitative estimate of drug-likeness (QED) is 0.662. The average molecular weight is 334 g/mol. The van der Waals surface area contributed by atoms with Crippen molar-refractivity contribution in [1.29, 1.82) is 0 Å². The van der Waals surface area contributed by atoms with Gasteiger partial charge in [-0.3, -0.25) is 0 Å². The summed E-state index contributed by atoms with van der Waals surface area (Å²) in [6, 6.07) is 9.57. The number of esters is 1. The van der Waals surface area contributed by atoms with E-state index in [2.05, 4.69) is 6.58 Å². The molecule has 0 radical (unpaired) electrons. The van der Waals surface area contributed by atoms with Crippen LogP contribution >= 0.6 is 0 Å². The highest BCUT2D eigenvalue weighted by Crippen LogP contribution is 2.31. The molecule has 4 atom stereocenters. The Morgan fingerprint density at radius 1 is 1.38 bits per heavy atom. The molecule has 2 rings (SSSR count). The number of ether oxygens (including phenoxy) is 3. The van der Waals surface area contributed by atoms with Crippen molar-refractivity contribution in [2.24, 2.45) is 5.92 Å². The van der Waals surface area contributed by atoms with E-state index in [4.69, 9.17) is 14.2 Å². The molecule has 5 heteroatoms. The molecule has 1 heterocycles. The van der Waals surface area contributed by atoms with Gasteiger partial charge >= 0.3 is 5.97 Å². The van der Waals surface area contributed by atoms with Gasteiger partial charge in [-0.1, -0.05) is 36.4 Å². The van der Waals surface area contributed by atoms with E-state index in [0.29, 0.717) is 13.0 Å². The van der Waals surface area contributed by atoms with Crippen LogP contribution in [-0.4, -0.2) is 35.5 Å². The fourth-order valence-electron chi connectivity index (χ4n) is 2.63. The van der Waals surface area contributed by atoms with E-state index < -0.39 is 29.9 Å². The minimum atomic E-state index is -1.32. The summed E-state index contributed by atoms with van der Waals surface area (Å²) in [7, 11) is 0. The molecular formula is C19H26O5. The first-order valence-electron chi connectivity index (χ1n) is 8.17. The highest BCUT2D eigenvalue weighted by atomic mass is 16.7. The zero-order valence-corrected chi connectivity index (χ0v) is 14.5. The lowest BCUT2D eigenvalue weighted by Crippen LogP contribution is -2.43. The molecule has 0 saturated carbocycles. The Morgan fingerprint density at radius 2 is 2.04 bits per heavy atom. The van der Waals surface area contributed by atoms with E-state index in [1.807, 2.05) is 30.3 Å². The molecular weight excluding hydrogens is 308 g/mol. The Kier molecular flexibility index (Phi) is 6.15. The predicted molar refractivity (Wildman–Crippen MR) is 90.2 cm³/mol. The summed E-state index contributed by atoms with van der Waals surface area (Å²) in [5.41, 5.74) is 0.240. The van der Waals surface area contributed by atoms with Crippen molar-refractivity contribution in [2.45, 2.75) is 51.3 Å². The number of carbonyl (C=O) groups excluding carboxylic acids is 1. The Bertz CT molecular complexity index is 549. The van der Waals surface area contributed by atoms with Gasteiger partial charge in [0.15, 0.2) is 12.4 Å². The molecule has 132 valence electrons.